The number of benzene rings is 2. The molecular formula is C30H40N4. The van der Waals surface area contributed by atoms with Gasteiger partial charge in [-0.1, -0.05) is 43.3 Å². The summed E-state index contributed by atoms with van der Waals surface area (Å²) in [4.78, 5) is 9.29. The van der Waals surface area contributed by atoms with E-state index in [1.165, 1.54) is 46.3 Å². The molecule has 34 heavy (non-hydrogen) atoms. The number of rotatable bonds is 9. The van der Waals surface area contributed by atoms with Crippen molar-refractivity contribution < 1.29 is 0 Å². The number of hydrogen-bond acceptors (Lipinski definition) is 4. The molecule has 2 atom stereocenters. The molecule has 3 aromatic rings. The van der Waals surface area contributed by atoms with Gasteiger partial charge in [0.25, 0.3) is 0 Å². The van der Waals surface area contributed by atoms with Crippen LogP contribution >= 0.6 is 0 Å². The molecule has 1 aliphatic carbocycles. The van der Waals surface area contributed by atoms with E-state index < -0.39 is 0 Å². The summed E-state index contributed by atoms with van der Waals surface area (Å²) < 4.78 is 0. The number of nitrogens with one attached hydrogen (secondary N) is 1. The highest BCUT2D eigenvalue weighted by Crippen LogP contribution is 2.41. The largest absolute Gasteiger partial charge is 0.378 e. The molecule has 0 fully saturated rings. The van der Waals surface area contributed by atoms with Gasteiger partial charge in [0, 0.05) is 25.3 Å². The van der Waals surface area contributed by atoms with Gasteiger partial charge in [-0.2, -0.15) is 0 Å². The van der Waals surface area contributed by atoms with Crippen molar-refractivity contribution in [3.8, 4) is 11.3 Å². The van der Waals surface area contributed by atoms with Crippen LogP contribution in [-0.4, -0.2) is 44.6 Å². The van der Waals surface area contributed by atoms with Crippen LogP contribution in [0.1, 0.15) is 60.4 Å². The number of fused-ring (bicyclic) bond motifs is 1. The molecule has 2 aromatic carbocycles. The first-order chi connectivity index (χ1) is 16.4. The molecule has 1 aromatic heterocycles. The molecule has 0 bridgehead atoms. The SMILES string of the molecule is CCC(CCN(C)C)c1ccc(NC2CCc3cccc(-c4cccc(N(C)C)n4)c32)c(C)c1. The van der Waals surface area contributed by atoms with Crippen LogP contribution in [-0.2, 0) is 6.42 Å². The summed E-state index contributed by atoms with van der Waals surface area (Å²) in [6, 6.07) is 20.3. The standard InChI is InChI=1S/C30H40N4/c1-7-22(18-19-33(3)4)24-15-16-26(21(2)20-24)31-28-17-14-23-10-8-11-25(30(23)28)27-12-9-13-29(32-27)34(5)6/h8-13,15-16,20,22,28,31H,7,14,17-19H2,1-6H3. The van der Waals surface area contributed by atoms with Gasteiger partial charge in [-0.25, -0.2) is 4.98 Å². The summed E-state index contributed by atoms with van der Waals surface area (Å²) in [6.07, 6.45) is 4.60. The fourth-order valence-corrected chi connectivity index (χ4v) is 5.19. The second-order valence-corrected chi connectivity index (χ2v) is 10.2. The van der Waals surface area contributed by atoms with Crippen molar-refractivity contribution in [3.05, 3.63) is 76.9 Å². The summed E-state index contributed by atoms with van der Waals surface area (Å²) in [5.41, 5.74) is 9.19. The Balaban J connectivity index is 1.59. The maximum atomic E-state index is 4.94. The van der Waals surface area contributed by atoms with Crippen LogP contribution in [0, 0.1) is 6.92 Å². The zero-order valence-corrected chi connectivity index (χ0v) is 21.7. The zero-order chi connectivity index (χ0) is 24.2. The summed E-state index contributed by atoms with van der Waals surface area (Å²) in [7, 11) is 8.40. The first kappa shape index (κ1) is 24.3. The lowest BCUT2D eigenvalue weighted by Gasteiger charge is -2.23. The quantitative estimate of drug-likeness (QED) is 0.390. The van der Waals surface area contributed by atoms with E-state index in [1.807, 2.05) is 14.1 Å². The van der Waals surface area contributed by atoms with Crippen molar-refractivity contribution in [2.45, 2.75) is 51.5 Å². The normalized spacial score (nSPS) is 15.9. The van der Waals surface area contributed by atoms with Gasteiger partial charge in [0.05, 0.1) is 11.7 Å². The number of pyridine rings is 1. The fraction of sp³-hybridized carbons (Fsp3) is 0.433. The minimum atomic E-state index is 0.302. The molecule has 0 aliphatic heterocycles. The second kappa shape index (κ2) is 10.6. The van der Waals surface area contributed by atoms with E-state index in [9.17, 15) is 0 Å². The van der Waals surface area contributed by atoms with Gasteiger partial charge in [-0.15, -0.1) is 0 Å². The summed E-state index contributed by atoms with van der Waals surface area (Å²) in [5, 5.41) is 3.90. The van der Waals surface area contributed by atoms with Gasteiger partial charge in [0.2, 0.25) is 0 Å². The van der Waals surface area contributed by atoms with E-state index in [0.29, 0.717) is 12.0 Å². The number of aryl methyl sites for hydroxylation is 2. The van der Waals surface area contributed by atoms with Crippen LogP contribution in [0.3, 0.4) is 0 Å². The van der Waals surface area contributed by atoms with Gasteiger partial charge in [0.1, 0.15) is 5.82 Å². The minimum Gasteiger partial charge on any atom is -0.378 e. The third kappa shape index (κ3) is 5.28. The van der Waals surface area contributed by atoms with Gasteiger partial charge in [-0.05, 0) is 99.6 Å². The third-order valence-corrected chi connectivity index (χ3v) is 7.18. The Morgan fingerprint density at radius 1 is 1.03 bits per heavy atom. The molecule has 1 heterocycles. The number of anilines is 2. The Hall–Kier alpha value is -2.85. The summed E-state index contributed by atoms with van der Waals surface area (Å²) in [6.45, 7) is 5.68. The Labute approximate surface area is 206 Å². The van der Waals surface area contributed by atoms with Crippen molar-refractivity contribution in [3.63, 3.8) is 0 Å². The number of hydrogen-bond donors (Lipinski definition) is 1. The average molecular weight is 457 g/mol. The third-order valence-electron chi connectivity index (χ3n) is 7.18. The van der Waals surface area contributed by atoms with Crippen molar-refractivity contribution >= 4 is 11.5 Å². The maximum absolute atomic E-state index is 4.94. The second-order valence-electron chi connectivity index (χ2n) is 10.2. The van der Waals surface area contributed by atoms with Crippen LogP contribution in [0.15, 0.2) is 54.6 Å². The molecule has 1 N–H and O–H groups in total. The molecule has 180 valence electrons. The molecule has 0 saturated carbocycles. The Kier molecular flexibility index (Phi) is 7.57. The molecule has 4 nitrogen and oxygen atoms in total. The lowest BCUT2D eigenvalue weighted by Crippen LogP contribution is -2.16. The van der Waals surface area contributed by atoms with Gasteiger partial charge >= 0.3 is 0 Å². The lowest BCUT2D eigenvalue weighted by atomic mass is 9.91. The molecule has 0 saturated heterocycles. The van der Waals surface area contributed by atoms with Crippen molar-refractivity contribution in [2.75, 3.05) is 45.0 Å². The molecule has 4 heteroatoms. The Bertz CT molecular complexity index is 1120. The van der Waals surface area contributed by atoms with Crippen LogP contribution in [0.5, 0.6) is 0 Å². The van der Waals surface area contributed by atoms with E-state index in [4.69, 9.17) is 4.98 Å². The predicted molar refractivity (Wildman–Crippen MR) is 146 cm³/mol. The van der Waals surface area contributed by atoms with Crippen LogP contribution in [0.25, 0.3) is 11.3 Å². The van der Waals surface area contributed by atoms with Gasteiger partial charge in [0.15, 0.2) is 0 Å². The Morgan fingerprint density at radius 2 is 1.82 bits per heavy atom. The van der Waals surface area contributed by atoms with Gasteiger partial charge < -0.3 is 15.1 Å². The Morgan fingerprint density at radius 3 is 2.53 bits per heavy atom. The molecular weight excluding hydrogens is 416 g/mol. The highest BCUT2D eigenvalue weighted by molar-refractivity contribution is 5.70. The minimum absolute atomic E-state index is 0.302. The summed E-state index contributed by atoms with van der Waals surface area (Å²) >= 11 is 0. The van der Waals surface area contributed by atoms with Crippen molar-refractivity contribution in [2.24, 2.45) is 0 Å². The van der Waals surface area contributed by atoms with E-state index in [-0.39, 0.29) is 0 Å². The molecule has 0 spiro atoms. The first-order valence-electron chi connectivity index (χ1n) is 12.7. The lowest BCUT2D eigenvalue weighted by molar-refractivity contribution is 0.378. The monoisotopic (exact) mass is 456 g/mol. The molecule has 0 radical (unpaired) electrons. The summed E-state index contributed by atoms with van der Waals surface area (Å²) in [5.74, 6) is 1.60. The highest BCUT2D eigenvalue weighted by Gasteiger charge is 2.27. The van der Waals surface area contributed by atoms with Crippen LogP contribution < -0.4 is 10.2 Å². The molecule has 4 rings (SSSR count). The topological polar surface area (TPSA) is 31.4 Å². The molecule has 1 aliphatic rings. The highest BCUT2D eigenvalue weighted by atomic mass is 15.1. The van der Waals surface area contributed by atoms with Crippen LogP contribution in [0.4, 0.5) is 11.5 Å². The van der Waals surface area contributed by atoms with Crippen molar-refractivity contribution in [1.82, 2.24) is 9.88 Å². The van der Waals surface area contributed by atoms with E-state index in [1.54, 1.807) is 0 Å². The molecule has 0 amide bonds. The average Bonchev–Trinajstić information content (AvgIpc) is 3.24. The number of aromatic nitrogens is 1. The van der Waals surface area contributed by atoms with E-state index in [0.717, 1.165) is 30.9 Å². The maximum Gasteiger partial charge on any atom is 0.128 e. The van der Waals surface area contributed by atoms with Crippen molar-refractivity contribution in [1.29, 1.82) is 0 Å². The van der Waals surface area contributed by atoms with E-state index in [2.05, 4.69) is 97.7 Å². The van der Waals surface area contributed by atoms with Crippen LogP contribution in [0.2, 0.25) is 0 Å². The number of nitrogens with zero attached hydrogens (tertiary/aromatic N) is 3. The zero-order valence-electron chi connectivity index (χ0n) is 21.7. The predicted octanol–water partition coefficient (Wildman–Crippen LogP) is 6.67. The van der Waals surface area contributed by atoms with E-state index >= 15 is 0 Å². The fourth-order valence-electron chi connectivity index (χ4n) is 5.19. The smallest absolute Gasteiger partial charge is 0.128 e. The first-order valence-corrected chi connectivity index (χ1v) is 12.7. The molecule has 2 unspecified atom stereocenters. The van der Waals surface area contributed by atoms with Gasteiger partial charge in [-0.3, -0.25) is 0 Å².